The van der Waals surface area contributed by atoms with E-state index in [1.807, 2.05) is 0 Å². The van der Waals surface area contributed by atoms with Gasteiger partial charge in [0.2, 0.25) is 0 Å². The number of hydrogen-bond acceptors (Lipinski definition) is 5. The van der Waals surface area contributed by atoms with Gasteiger partial charge in [-0.3, -0.25) is 9.63 Å². The SMILES string of the molecule is CC(C(=O)O)(C(=O)O)N(OCc1ccccc1)C(=O)C(N)Cc1ccccc1. The van der Waals surface area contributed by atoms with Crippen molar-refractivity contribution in [3.63, 3.8) is 0 Å². The number of rotatable bonds is 9. The molecule has 4 N–H and O–H groups in total. The van der Waals surface area contributed by atoms with Crippen molar-refractivity contribution in [2.75, 3.05) is 0 Å². The summed E-state index contributed by atoms with van der Waals surface area (Å²) in [5.41, 5.74) is 4.70. The van der Waals surface area contributed by atoms with Gasteiger partial charge in [0.25, 0.3) is 11.4 Å². The van der Waals surface area contributed by atoms with Crippen molar-refractivity contribution in [1.82, 2.24) is 5.06 Å². The van der Waals surface area contributed by atoms with Crippen LogP contribution in [0.25, 0.3) is 0 Å². The van der Waals surface area contributed by atoms with Crippen molar-refractivity contribution in [3.8, 4) is 0 Å². The van der Waals surface area contributed by atoms with Gasteiger partial charge in [0.05, 0.1) is 6.04 Å². The van der Waals surface area contributed by atoms with Gasteiger partial charge in [0.1, 0.15) is 6.61 Å². The predicted molar refractivity (Wildman–Crippen MR) is 99.9 cm³/mol. The van der Waals surface area contributed by atoms with Crippen LogP contribution in [0.1, 0.15) is 18.1 Å². The Bertz CT molecular complexity index is 811. The molecule has 1 atom stereocenters. The predicted octanol–water partition coefficient (Wildman–Crippen LogP) is 1.44. The maximum atomic E-state index is 12.9. The second kappa shape index (κ2) is 9.12. The van der Waals surface area contributed by atoms with Crippen molar-refractivity contribution in [3.05, 3.63) is 71.8 Å². The standard InChI is InChI=1S/C20H22N2O6/c1-20(18(24)25,19(26)27)22(28-13-15-10-6-3-7-11-15)17(23)16(21)12-14-8-4-2-5-9-14/h2-11,16H,12-13,21H2,1H3,(H,24,25)(H,26,27). The fourth-order valence-electron chi connectivity index (χ4n) is 2.50. The molecule has 0 saturated carbocycles. The summed E-state index contributed by atoms with van der Waals surface area (Å²) < 4.78 is 0. The van der Waals surface area contributed by atoms with E-state index >= 15 is 0 Å². The molecule has 8 nitrogen and oxygen atoms in total. The van der Waals surface area contributed by atoms with E-state index in [1.165, 1.54) is 0 Å². The number of aliphatic carboxylic acids is 2. The topological polar surface area (TPSA) is 130 Å². The van der Waals surface area contributed by atoms with Crippen LogP contribution in [0.2, 0.25) is 0 Å². The summed E-state index contributed by atoms with van der Waals surface area (Å²) in [6.07, 6.45) is 0.0974. The first kappa shape index (κ1) is 21.1. The van der Waals surface area contributed by atoms with E-state index in [0.29, 0.717) is 10.6 Å². The first-order valence-corrected chi connectivity index (χ1v) is 8.54. The lowest BCUT2D eigenvalue weighted by atomic mass is 10.00. The quantitative estimate of drug-likeness (QED) is 0.439. The number of carbonyl (C=O) groups excluding carboxylic acids is 1. The van der Waals surface area contributed by atoms with Gasteiger partial charge in [-0.1, -0.05) is 60.7 Å². The van der Waals surface area contributed by atoms with Gasteiger partial charge in [-0.05, 0) is 24.5 Å². The summed E-state index contributed by atoms with van der Waals surface area (Å²) in [7, 11) is 0. The molecule has 148 valence electrons. The highest BCUT2D eigenvalue weighted by Crippen LogP contribution is 2.20. The van der Waals surface area contributed by atoms with E-state index < -0.39 is 29.4 Å². The van der Waals surface area contributed by atoms with E-state index in [-0.39, 0.29) is 13.0 Å². The lowest BCUT2D eigenvalue weighted by Gasteiger charge is -2.34. The molecule has 1 amide bonds. The zero-order chi connectivity index (χ0) is 20.7. The number of carboxylic acids is 2. The smallest absolute Gasteiger partial charge is 0.343 e. The Labute approximate surface area is 162 Å². The number of hydroxylamine groups is 2. The van der Waals surface area contributed by atoms with Crippen LogP contribution in [-0.4, -0.2) is 44.7 Å². The Morgan fingerprint density at radius 2 is 1.43 bits per heavy atom. The summed E-state index contributed by atoms with van der Waals surface area (Å²) in [6, 6.07) is 16.3. The molecule has 2 aromatic rings. The van der Waals surface area contributed by atoms with Crippen molar-refractivity contribution >= 4 is 17.8 Å². The molecule has 2 aromatic carbocycles. The van der Waals surface area contributed by atoms with Crippen LogP contribution < -0.4 is 5.73 Å². The van der Waals surface area contributed by atoms with E-state index in [1.54, 1.807) is 60.7 Å². The van der Waals surface area contributed by atoms with Crippen LogP contribution in [0.15, 0.2) is 60.7 Å². The molecule has 0 aromatic heterocycles. The number of amides is 1. The number of nitrogens with two attached hydrogens (primary N) is 1. The molecule has 0 aliphatic rings. The second-order valence-corrected chi connectivity index (χ2v) is 6.37. The monoisotopic (exact) mass is 386 g/mol. The van der Waals surface area contributed by atoms with Gasteiger partial charge in [-0.25, -0.2) is 9.59 Å². The number of hydrogen-bond donors (Lipinski definition) is 3. The van der Waals surface area contributed by atoms with Crippen molar-refractivity contribution in [1.29, 1.82) is 0 Å². The molecule has 2 rings (SSSR count). The van der Waals surface area contributed by atoms with Gasteiger partial charge < -0.3 is 15.9 Å². The molecule has 0 saturated heterocycles. The molecule has 28 heavy (non-hydrogen) atoms. The Hall–Kier alpha value is -3.23. The second-order valence-electron chi connectivity index (χ2n) is 6.37. The Balaban J connectivity index is 2.29. The number of nitrogens with zero attached hydrogens (tertiary/aromatic N) is 1. The third-order valence-corrected chi connectivity index (χ3v) is 4.26. The minimum absolute atomic E-state index is 0.0974. The van der Waals surface area contributed by atoms with Crippen LogP contribution in [0.3, 0.4) is 0 Å². The molecule has 0 heterocycles. The zero-order valence-corrected chi connectivity index (χ0v) is 15.3. The largest absolute Gasteiger partial charge is 0.479 e. The van der Waals surface area contributed by atoms with Gasteiger partial charge in [0.15, 0.2) is 0 Å². The summed E-state index contributed by atoms with van der Waals surface area (Å²) >= 11 is 0. The van der Waals surface area contributed by atoms with Crippen LogP contribution in [0.5, 0.6) is 0 Å². The highest BCUT2D eigenvalue weighted by molar-refractivity contribution is 6.05. The van der Waals surface area contributed by atoms with Gasteiger partial charge >= 0.3 is 11.9 Å². The first-order valence-electron chi connectivity index (χ1n) is 8.54. The van der Waals surface area contributed by atoms with Crippen molar-refractivity contribution < 1.29 is 29.4 Å². The maximum absolute atomic E-state index is 12.9. The molecule has 0 radical (unpaired) electrons. The Kier molecular flexibility index (Phi) is 6.86. The number of benzene rings is 2. The minimum Gasteiger partial charge on any atom is -0.479 e. The molecule has 1 unspecified atom stereocenters. The summed E-state index contributed by atoms with van der Waals surface area (Å²) in [5, 5.41) is 19.4. The van der Waals surface area contributed by atoms with Crippen molar-refractivity contribution in [2.24, 2.45) is 5.73 Å². The van der Waals surface area contributed by atoms with Crippen LogP contribution in [0, 0.1) is 0 Å². The van der Waals surface area contributed by atoms with Gasteiger partial charge in [0, 0.05) is 0 Å². The minimum atomic E-state index is -2.64. The molecule has 0 spiro atoms. The maximum Gasteiger partial charge on any atom is 0.343 e. The fourth-order valence-corrected chi connectivity index (χ4v) is 2.50. The van der Waals surface area contributed by atoms with Gasteiger partial charge in [-0.2, -0.15) is 5.06 Å². The molecule has 0 bridgehead atoms. The molecule has 0 fully saturated rings. The first-order chi connectivity index (χ1) is 13.3. The average Bonchev–Trinajstić information content (AvgIpc) is 2.68. The highest BCUT2D eigenvalue weighted by Gasteiger charge is 2.52. The number of carboxylic acid groups (broad SMARTS) is 2. The molecular weight excluding hydrogens is 364 g/mol. The summed E-state index contributed by atoms with van der Waals surface area (Å²) in [6.45, 7) is 0.691. The molecular formula is C20H22N2O6. The normalized spacial score (nSPS) is 12.2. The third kappa shape index (κ3) is 4.73. The van der Waals surface area contributed by atoms with E-state index in [2.05, 4.69) is 0 Å². The summed E-state index contributed by atoms with van der Waals surface area (Å²) in [4.78, 5) is 41.7. The van der Waals surface area contributed by atoms with E-state index in [9.17, 15) is 24.6 Å². The lowest BCUT2D eigenvalue weighted by molar-refractivity contribution is -0.235. The van der Waals surface area contributed by atoms with Gasteiger partial charge in [-0.15, -0.1) is 0 Å². The average molecular weight is 386 g/mol. The van der Waals surface area contributed by atoms with Crippen LogP contribution in [0.4, 0.5) is 0 Å². The van der Waals surface area contributed by atoms with E-state index in [0.717, 1.165) is 12.5 Å². The van der Waals surface area contributed by atoms with Crippen molar-refractivity contribution in [2.45, 2.75) is 31.5 Å². The van der Waals surface area contributed by atoms with Crippen LogP contribution >= 0.6 is 0 Å². The molecule has 0 aliphatic heterocycles. The lowest BCUT2D eigenvalue weighted by Crippen LogP contribution is -2.63. The molecule has 8 heteroatoms. The number of carbonyl (C=O) groups is 3. The Morgan fingerprint density at radius 1 is 0.964 bits per heavy atom. The Morgan fingerprint density at radius 3 is 1.89 bits per heavy atom. The zero-order valence-electron chi connectivity index (χ0n) is 15.3. The van der Waals surface area contributed by atoms with Crippen LogP contribution in [-0.2, 0) is 32.2 Å². The summed E-state index contributed by atoms with van der Waals surface area (Å²) in [5.74, 6) is -4.42. The molecule has 0 aliphatic carbocycles. The fraction of sp³-hybridized carbons (Fsp3) is 0.250. The third-order valence-electron chi connectivity index (χ3n) is 4.26. The van der Waals surface area contributed by atoms with E-state index in [4.69, 9.17) is 10.6 Å². The highest BCUT2D eigenvalue weighted by atomic mass is 16.7.